The maximum absolute atomic E-state index is 11.7. The summed E-state index contributed by atoms with van der Waals surface area (Å²) in [4.78, 5) is 22.8. The lowest BCUT2D eigenvalue weighted by molar-refractivity contribution is -0.121. The van der Waals surface area contributed by atoms with E-state index in [1.54, 1.807) is 6.92 Å². The van der Waals surface area contributed by atoms with Crippen LogP contribution in [0.4, 0.5) is 4.79 Å². The summed E-state index contributed by atoms with van der Waals surface area (Å²) in [7, 11) is 1.47. The summed E-state index contributed by atoms with van der Waals surface area (Å²) >= 11 is 0. The van der Waals surface area contributed by atoms with Gasteiger partial charge in [-0.15, -0.1) is 0 Å². The van der Waals surface area contributed by atoms with Gasteiger partial charge in [0.1, 0.15) is 0 Å². The van der Waals surface area contributed by atoms with Gasteiger partial charge in [-0.25, -0.2) is 4.79 Å². The van der Waals surface area contributed by atoms with E-state index in [0.29, 0.717) is 0 Å². The third kappa shape index (κ3) is 4.37. The summed E-state index contributed by atoms with van der Waals surface area (Å²) in [5, 5.41) is 7.77. The van der Waals surface area contributed by atoms with Gasteiger partial charge >= 0.3 is 6.03 Å². The van der Waals surface area contributed by atoms with E-state index in [1.807, 2.05) is 38.1 Å². The second-order valence-corrected chi connectivity index (χ2v) is 4.54. The quantitative estimate of drug-likeness (QED) is 0.771. The number of imide groups is 1. The van der Waals surface area contributed by atoms with Gasteiger partial charge in [0, 0.05) is 13.1 Å². The monoisotopic (exact) mass is 263 g/mol. The summed E-state index contributed by atoms with van der Waals surface area (Å²) in [5.74, 6) is -0.347. The summed E-state index contributed by atoms with van der Waals surface area (Å²) in [6, 6.07) is 7.09. The lowest BCUT2D eigenvalue weighted by atomic mass is 10.0. The van der Waals surface area contributed by atoms with Crippen LogP contribution >= 0.6 is 0 Å². The molecule has 0 spiro atoms. The van der Waals surface area contributed by atoms with Crippen molar-refractivity contribution in [1.82, 2.24) is 16.0 Å². The fourth-order valence-corrected chi connectivity index (χ4v) is 1.90. The minimum absolute atomic E-state index is 0.0339. The van der Waals surface area contributed by atoms with E-state index < -0.39 is 12.1 Å². The first-order chi connectivity index (χ1) is 8.95. The van der Waals surface area contributed by atoms with Crippen LogP contribution in [0.2, 0.25) is 0 Å². The molecular formula is C14H21N3O2. The topological polar surface area (TPSA) is 70.2 Å². The van der Waals surface area contributed by atoms with Crippen LogP contribution in [0, 0.1) is 6.92 Å². The average Bonchev–Trinajstić information content (AvgIpc) is 2.38. The molecule has 2 atom stereocenters. The maximum Gasteiger partial charge on any atom is 0.321 e. The summed E-state index contributed by atoms with van der Waals surface area (Å²) < 4.78 is 0. The minimum atomic E-state index is -0.498. The Labute approximate surface area is 113 Å². The number of amides is 3. The molecule has 0 aliphatic carbocycles. The van der Waals surface area contributed by atoms with E-state index in [-0.39, 0.29) is 11.9 Å². The Bertz CT molecular complexity index is 460. The van der Waals surface area contributed by atoms with Crippen molar-refractivity contribution in [3.63, 3.8) is 0 Å². The number of urea groups is 1. The third-order valence-corrected chi connectivity index (χ3v) is 3.01. The molecule has 0 fully saturated rings. The van der Waals surface area contributed by atoms with Crippen molar-refractivity contribution in [3.05, 3.63) is 35.4 Å². The number of rotatable bonds is 4. The molecule has 1 aromatic rings. The van der Waals surface area contributed by atoms with Crippen LogP contribution < -0.4 is 16.0 Å². The predicted octanol–water partition coefficient (Wildman–Crippen LogP) is 1.49. The minimum Gasteiger partial charge on any atom is -0.341 e. The third-order valence-electron chi connectivity index (χ3n) is 3.01. The molecule has 1 rings (SSSR count). The van der Waals surface area contributed by atoms with Crippen molar-refractivity contribution < 1.29 is 9.59 Å². The lowest BCUT2D eigenvalue weighted by Gasteiger charge is -2.21. The second-order valence-electron chi connectivity index (χ2n) is 4.54. The van der Waals surface area contributed by atoms with Gasteiger partial charge in [0.15, 0.2) is 0 Å². The molecule has 1 aromatic carbocycles. The van der Waals surface area contributed by atoms with Gasteiger partial charge in [0.25, 0.3) is 0 Å². The van der Waals surface area contributed by atoms with Gasteiger partial charge in [-0.2, -0.15) is 0 Å². The van der Waals surface area contributed by atoms with E-state index in [2.05, 4.69) is 16.0 Å². The Balaban J connectivity index is 2.62. The van der Waals surface area contributed by atoms with E-state index >= 15 is 0 Å². The first kappa shape index (κ1) is 15.2. The molecule has 0 saturated heterocycles. The SMILES string of the molecule is CNC(=O)NC(=O)C(C)N[C@@H](C)c1ccccc1C. The van der Waals surface area contributed by atoms with Crippen molar-refractivity contribution in [1.29, 1.82) is 0 Å². The Kier molecular flexibility index (Phi) is 5.51. The van der Waals surface area contributed by atoms with Crippen molar-refractivity contribution in [2.45, 2.75) is 32.9 Å². The van der Waals surface area contributed by atoms with E-state index in [4.69, 9.17) is 0 Å². The summed E-state index contributed by atoms with van der Waals surface area (Å²) in [5.41, 5.74) is 2.31. The Hall–Kier alpha value is -1.88. The number of hydrogen-bond donors (Lipinski definition) is 3. The van der Waals surface area contributed by atoms with Crippen molar-refractivity contribution in [2.24, 2.45) is 0 Å². The Morgan fingerprint density at radius 2 is 1.79 bits per heavy atom. The number of hydrogen-bond acceptors (Lipinski definition) is 3. The zero-order chi connectivity index (χ0) is 14.4. The van der Waals surface area contributed by atoms with Crippen LogP contribution in [-0.2, 0) is 4.79 Å². The molecule has 104 valence electrons. The van der Waals surface area contributed by atoms with Crippen LogP contribution in [0.15, 0.2) is 24.3 Å². The van der Waals surface area contributed by atoms with Gasteiger partial charge in [-0.3, -0.25) is 15.4 Å². The van der Waals surface area contributed by atoms with Gasteiger partial charge in [0.05, 0.1) is 6.04 Å². The molecular weight excluding hydrogens is 242 g/mol. The number of benzene rings is 1. The highest BCUT2D eigenvalue weighted by molar-refractivity contribution is 5.96. The molecule has 0 bridgehead atoms. The van der Waals surface area contributed by atoms with Gasteiger partial charge in [-0.05, 0) is 31.9 Å². The zero-order valence-corrected chi connectivity index (χ0v) is 11.8. The fourth-order valence-electron chi connectivity index (χ4n) is 1.90. The van der Waals surface area contributed by atoms with Crippen LogP contribution in [0.1, 0.15) is 31.0 Å². The molecule has 0 radical (unpaired) electrons. The zero-order valence-electron chi connectivity index (χ0n) is 11.8. The molecule has 3 N–H and O–H groups in total. The Morgan fingerprint density at radius 3 is 2.37 bits per heavy atom. The first-order valence-electron chi connectivity index (χ1n) is 6.29. The molecule has 5 nitrogen and oxygen atoms in total. The van der Waals surface area contributed by atoms with Crippen LogP contribution in [0.5, 0.6) is 0 Å². The largest absolute Gasteiger partial charge is 0.341 e. The molecule has 0 aliphatic rings. The second kappa shape index (κ2) is 6.89. The first-order valence-corrected chi connectivity index (χ1v) is 6.29. The fraction of sp³-hybridized carbons (Fsp3) is 0.429. The predicted molar refractivity (Wildman–Crippen MR) is 74.8 cm³/mol. The lowest BCUT2D eigenvalue weighted by Crippen LogP contribution is -2.47. The van der Waals surface area contributed by atoms with Crippen molar-refractivity contribution in [2.75, 3.05) is 7.05 Å². The van der Waals surface area contributed by atoms with Crippen molar-refractivity contribution >= 4 is 11.9 Å². The molecule has 0 heterocycles. The highest BCUT2D eigenvalue weighted by Gasteiger charge is 2.18. The molecule has 0 aliphatic heterocycles. The van der Waals surface area contributed by atoms with Gasteiger partial charge < -0.3 is 5.32 Å². The molecule has 1 unspecified atom stereocenters. The van der Waals surface area contributed by atoms with Gasteiger partial charge in [-0.1, -0.05) is 24.3 Å². The van der Waals surface area contributed by atoms with Crippen LogP contribution in [0.3, 0.4) is 0 Å². The molecule has 0 aromatic heterocycles. The van der Waals surface area contributed by atoms with E-state index in [9.17, 15) is 9.59 Å². The van der Waals surface area contributed by atoms with Crippen molar-refractivity contribution in [3.8, 4) is 0 Å². The smallest absolute Gasteiger partial charge is 0.321 e. The highest BCUT2D eigenvalue weighted by Crippen LogP contribution is 2.17. The molecule has 3 amide bonds. The number of nitrogens with one attached hydrogen (secondary N) is 3. The normalized spacial score (nSPS) is 13.5. The van der Waals surface area contributed by atoms with Crippen LogP contribution in [0.25, 0.3) is 0 Å². The maximum atomic E-state index is 11.7. The van der Waals surface area contributed by atoms with E-state index in [0.717, 1.165) is 5.56 Å². The van der Waals surface area contributed by atoms with E-state index in [1.165, 1.54) is 12.6 Å². The summed E-state index contributed by atoms with van der Waals surface area (Å²) in [6.45, 7) is 5.75. The Morgan fingerprint density at radius 1 is 1.16 bits per heavy atom. The molecule has 0 saturated carbocycles. The highest BCUT2D eigenvalue weighted by atomic mass is 16.2. The average molecular weight is 263 g/mol. The summed E-state index contributed by atoms with van der Waals surface area (Å²) in [6.07, 6.45) is 0. The molecule has 19 heavy (non-hydrogen) atoms. The van der Waals surface area contributed by atoms with Crippen LogP contribution in [-0.4, -0.2) is 25.0 Å². The number of aryl methyl sites for hydroxylation is 1. The number of carbonyl (C=O) groups excluding carboxylic acids is 2. The molecule has 5 heteroatoms. The standard InChI is InChI=1S/C14H21N3O2/c1-9-7-5-6-8-12(9)10(2)16-11(3)13(18)17-14(19)15-4/h5-8,10-11,16H,1-4H3,(H2,15,17,18,19)/t10-,11?/m0/s1. The number of carbonyl (C=O) groups is 2. The van der Waals surface area contributed by atoms with Gasteiger partial charge in [0.2, 0.25) is 5.91 Å².